The standard InChI is InChI=1S/C9H12BClO3/c1-2-5-14-7-3-4-8(10(12)13)9(11)6-7/h3-4,6,12-13H,2,5H2,1H3. The van der Waals surface area contributed by atoms with E-state index < -0.39 is 7.12 Å². The van der Waals surface area contributed by atoms with Crippen molar-refractivity contribution >= 4 is 24.2 Å². The minimum Gasteiger partial charge on any atom is -0.494 e. The van der Waals surface area contributed by atoms with Crippen molar-refractivity contribution in [1.82, 2.24) is 0 Å². The van der Waals surface area contributed by atoms with Gasteiger partial charge in [-0.15, -0.1) is 0 Å². The predicted octanol–water partition coefficient (Wildman–Crippen LogP) is 0.809. The van der Waals surface area contributed by atoms with Gasteiger partial charge in [0, 0.05) is 10.5 Å². The monoisotopic (exact) mass is 214 g/mol. The fraction of sp³-hybridized carbons (Fsp3) is 0.333. The van der Waals surface area contributed by atoms with Crippen LogP contribution < -0.4 is 10.2 Å². The lowest BCUT2D eigenvalue weighted by Crippen LogP contribution is -2.30. The maximum atomic E-state index is 8.90. The van der Waals surface area contributed by atoms with Crippen LogP contribution in [-0.4, -0.2) is 23.8 Å². The Morgan fingerprint density at radius 3 is 2.64 bits per heavy atom. The Morgan fingerprint density at radius 1 is 1.43 bits per heavy atom. The molecule has 0 saturated heterocycles. The molecule has 0 heterocycles. The lowest BCUT2D eigenvalue weighted by atomic mass is 9.80. The minimum atomic E-state index is -1.54. The normalized spacial score (nSPS) is 10.0. The fourth-order valence-corrected chi connectivity index (χ4v) is 1.30. The second-order valence-electron chi connectivity index (χ2n) is 2.91. The van der Waals surface area contributed by atoms with Crippen molar-refractivity contribution < 1.29 is 14.8 Å². The van der Waals surface area contributed by atoms with E-state index in [4.69, 9.17) is 26.4 Å². The van der Waals surface area contributed by atoms with Gasteiger partial charge >= 0.3 is 7.12 Å². The van der Waals surface area contributed by atoms with Gasteiger partial charge in [0.1, 0.15) is 5.75 Å². The summed E-state index contributed by atoms with van der Waals surface area (Å²) in [4.78, 5) is 0. The van der Waals surface area contributed by atoms with Gasteiger partial charge in [-0.05, 0) is 18.6 Å². The Bertz CT molecular complexity index is 304. The maximum Gasteiger partial charge on any atom is 0.489 e. The van der Waals surface area contributed by atoms with Crippen molar-refractivity contribution in [2.24, 2.45) is 0 Å². The van der Waals surface area contributed by atoms with Gasteiger partial charge in [-0.2, -0.15) is 0 Å². The third-order valence-electron chi connectivity index (χ3n) is 1.72. The van der Waals surface area contributed by atoms with Gasteiger partial charge in [-0.3, -0.25) is 0 Å². The van der Waals surface area contributed by atoms with Gasteiger partial charge in [-0.1, -0.05) is 24.6 Å². The topological polar surface area (TPSA) is 49.7 Å². The zero-order valence-corrected chi connectivity index (χ0v) is 8.66. The molecule has 1 aromatic rings. The van der Waals surface area contributed by atoms with Crippen LogP contribution >= 0.6 is 11.6 Å². The molecular formula is C9H12BClO3. The summed E-state index contributed by atoms with van der Waals surface area (Å²) in [6.45, 7) is 2.63. The van der Waals surface area contributed by atoms with Gasteiger partial charge in [0.15, 0.2) is 0 Å². The van der Waals surface area contributed by atoms with E-state index in [9.17, 15) is 0 Å². The van der Waals surface area contributed by atoms with Crippen LogP contribution in [0.15, 0.2) is 18.2 Å². The van der Waals surface area contributed by atoms with Crippen LogP contribution in [0, 0.1) is 0 Å². The van der Waals surface area contributed by atoms with E-state index in [0.29, 0.717) is 17.4 Å². The molecule has 0 fully saturated rings. The lowest BCUT2D eigenvalue weighted by molar-refractivity contribution is 0.317. The molecule has 5 heteroatoms. The lowest BCUT2D eigenvalue weighted by Gasteiger charge is -2.07. The molecule has 0 atom stereocenters. The molecule has 0 aliphatic rings. The van der Waals surface area contributed by atoms with E-state index in [1.165, 1.54) is 6.07 Å². The molecule has 0 aromatic heterocycles. The van der Waals surface area contributed by atoms with Gasteiger partial charge in [0.25, 0.3) is 0 Å². The average molecular weight is 214 g/mol. The summed E-state index contributed by atoms with van der Waals surface area (Å²) in [5.74, 6) is 0.640. The molecule has 1 aromatic carbocycles. The molecule has 3 nitrogen and oxygen atoms in total. The average Bonchev–Trinajstić information content (AvgIpc) is 2.14. The Morgan fingerprint density at radius 2 is 2.14 bits per heavy atom. The maximum absolute atomic E-state index is 8.90. The van der Waals surface area contributed by atoms with E-state index in [2.05, 4.69) is 0 Å². The zero-order valence-electron chi connectivity index (χ0n) is 7.90. The molecule has 14 heavy (non-hydrogen) atoms. The highest BCUT2D eigenvalue weighted by Gasteiger charge is 2.15. The van der Waals surface area contributed by atoms with E-state index in [1.54, 1.807) is 12.1 Å². The van der Waals surface area contributed by atoms with Crippen molar-refractivity contribution in [2.75, 3.05) is 6.61 Å². The van der Waals surface area contributed by atoms with E-state index >= 15 is 0 Å². The van der Waals surface area contributed by atoms with Crippen molar-refractivity contribution in [2.45, 2.75) is 13.3 Å². The number of benzene rings is 1. The highest BCUT2D eigenvalue weighted by molar-refractivity contribution is 6.62. The molecule has 0 saturated carbocycles. The molecule has 1 rings (SSSR count). The molecule has 0 bridgehead atoms. The molecule has 0 unspecified atom stereocenters. The van der Waals surface area contributed by atoms with Crippen LogP contribution in [0.2, 0.25) is 5.02 Å². The number of hydrogen-bond donors (Lipinski definition) is 2. The summed E-state index contributed by atoms with van der Waals surface area (Å²) in [5, 5.41) is 18.1. The highest BCUT2D eigenvalue weighted by atomic mass is 35.5. The summed E-state index contributed by atoms with van der Waals surface area (Å²) < 4.78 is 5.32. The Labute approximate surface area is 88.4 Å². The van der Waals surface area contributed by atoms with E-state index in [0.717, 1.165) is 6.42 Å². The molecule has 0 spiro atoms. The Hall–Kier alpha value is -0.705. The van der Waals surface area contributed by atoms with Crippen LogP contribution in [0.25, 0.3) is 0 Å². The molecule has 0 amide bonds. The fourth-order valence-electron chi connectivity index (χ4n) is 1.03. The molecule has 0 aliphatic heterocycles. The van der Waals surface area contributed by atoms with Gasteiger partial charge in [0.05, 0.1) is 6.61 Å². The van der Waals surface area contributed by atoms with Crippen LogP contribution in [0.1, 0.15) is 13.3 Å². The van der Waals surface area contributed by atoms with Crippen LogP contribution in [0.3, 0.4) is 0 Å². The largest absolute Gasteiger partial charge is 0.494 e. The first kappa shape index (κ1) is 11.4. The summed E-state index contributed by atoms with van der Waals surface area (Å²) in [6, 6.07) is 4.78. The number of ether oxygens (including phenoxy) is 1. The first-order chi connectivity index (χ1) is 6.65. The van der Waals surface area contributed by atoms with Gasteiger partial charge in [0.2, 0.25) is 0 Å². The summed E-state index contributed by atoms with van der Waals surface area (Å²) in [5.41, 5.74) is 0.288. The molecule has 76 valence electrons. The molecular weight excluding hydrogens is 202 g/mol. The highest BCUT2D eigenvalue weighted by Crippen LogP contribution is 2.16. The van der Waals surface area contributed by atoms with Crippen molar-refractivity contribution in [3.8, 4) is 5.75 Å². The van der Waals surface area contributed by atoms with Gasteiger partial charge in [-0.25, -0.2) is 0 Å². The van der Waals surface area contributed by atoms with Crippen LogP contribution in [-0.2, 0) is 0 Å². The summed E-state index contributed by atoms with van der Waals surface area (Å²) >= 11 is 5.80. The Balaban J connectivity index is 2.78. The SMILES string of the molecule is CCCOc1ccc(B(O)O)c(Cl)c1. The summed E-state index contributed by atoms with van der Waals surface area (Å²) in [6.07, 6.45) is 0.919. The first-order valence-electron chi connectivity index (χ1n) is 4.43. The minimum absolute atomic E-state index is 0.288. The number of rotatable bonds is 4. The van der Waals surface area contributed by atoms with Crippen LogP contribution in [0.5, 0.6) is 5.75 Å². The molecule has 0 radical (unpaired) electrons. The van der Waals surface area contributed by atoms with E-state index in [-0.39, 0.29) is 5.46 Å². The van der Waals surface area contributed by atoms with E-state index in [1.807, 2.05) is 6.92 Å². The smallest absolute Gasteiger partial charge is 0.489 e. The first-order valence-corrected chi connectivity index (χ1v) is 4.81. The van der Waals surface area contributed by atoms with Crippen LogP contribution in [0.4, 0.5) is 0 Å². The second kappa shape index (κ2) is 5.24. The molecule has 2 N–H and O–H groups in total. The zero-order chi connectivity index (χ0) is 10.6. The molecule has 0 aliphatic carbocycles. The van der Waals surface area contributed by atoms with Crippen molar-refractivity contribution in [1.29, 1.82) is 0 Å². The van der Waals surface area contributed by atoms with Crippen molar-refractivity contribution in [3.63, 3.8) is 0 Å². The second-order valence-corrected chi connectivity index (χ2v) is 3.31. The predicted molar refractivity (Wildman–Crippen MR) is 57.1 cm³/mol. The third-order valence-corrected chi connectivity index (χ3v) is 2.05. The number of hydrogen-bond acceptors (Lipinski definition) is 3. The number of halogens is 1. The Kier molecular flexibility index (Phi) is 4.26. The van der Waals surface area contributed by atoms with Crippen molar-refractivity contribution in [3.05, 3.63) is 23.2 Å². The third kappa shape index (κ3) is 2.91. The quantitative estimate of drug-likeness (QED) is 0.729. The van der Waals surface area contributed by atoms with Gasteiger partial charge < -0.3 is 14.8 Å². The summed E-state index contributed by atoms with van der Waals surface area (Å²) in [7, 11) is -1.54.